The van der Waals surface area contributed by atoms with Gasteiger partial charge in [-0.05, 0) is 245 Å². The predicted octanol–water partition coefficient (Wildman–Crippen LogP) is 25.8. The second kappa shape index (κ2) is 25.2. The van der Waals surface area contributed by atoms with Gasteiger partial charge in [-0.2, -0.15) is 0 Å². The number of benzene rings is 11. The molecule has 0 aliphatic carbocycles. The highest BCUT2D eigenvalue weighted by molar-refractivity contribution is 7.00. The van der Waals surface area contributed by atoms with Gasteiger partial charge in [0.25, 0.3) is 6.71 Å². The van der Waals surface area contributed by atoms with Crippen molar-refractivity contribution in [2.75, 3.05) is 9.80 Å². The third-order valence-electron chi connectivity index (χ3n) is 20.1. The van der Waals surface area contributed by atoms with Crippen LogP contribution in [0.3, 0.4) is 0 Å². The summed E-state index contributed by atoms with van der Waals surface area (Å²) in [4.78, 5) is 4.82. The van der Waals surface area contributed by atoms with E-state index in [9.17, 15) is 13.7 Å². The van der Waals surface area contributed by atoms with E-state index in [0.29, 0.717) is 27.8 Å². The van der Waals surface area contributed by atoms with Crippen LogP contribution < -0.4 is 26.2 Å². The molecule has 0 saturated carbocycles. The van der Waals surface area contributed by atoms with Crippen LogP contribution in [0.2, 0.25) is 0 Å². The van der Waals surface area contributed by atoms with Gasteiger partial charge in [-0.25, -0.2) is 0 Å². The molecule has 104 heavy (non-hydrogen) atoms. The highest BCUT2D eigenvalue weighted by atomic mass is 15.2. The molecule has 13 aromatic rings. The van der Waals surface area contributed by atoms with Gasteiger partial charge in [0.05, 0.1) is 33.4 Å². The van der Waals surface area contributed by atoms with E-state index < -0.39 is 65.7 Å². The van der Waals surface area contributed by atoms with Crippen LogP contribution in [-0.2, 0) is 42.7 Å². The summed E-state index contributed by atoms with van der Waals surface area (Å²) in [7, 11) is 0. The molecule has 0 N–H and O–H groups in total. The summed E-state index contributed by atoms with van der Waals surface area (Å²) in [5.74, 6) is 0. The van der Waals surface area contributed by atoms with Gasteiger partial charge < -0.3 is 18.9 Å². The van der Waals surface area contributed by atoms with Crippen molar-refractivity contribution >= 4 is 101 Å². The van der Waals surface area contributed by atoms with E-state index in [4.69, 9.17) is 0 Å². The number of anilines is 6. The second-order valence-corrected chi connectivity index (χ2v) is 36.7. The molecule has 0 spiro atoms. The highest BCUT2D eigenvalue weighted by Crippen LogP contribution is 2.52. The van der Waals surface area contributed by atoms with Crippen molar-refractivity contribution in [2.24, 2.45) is 27.1 Å². The summed E-state index contributed by atoms with van der Waals surface area (Å²) in [6, 6.07) is 76.5. The van der Waals surface area contributed by atoms with E-state index in [1.807, 2.05) is 177 Å². The van der Waals surface area contributed by atoms with Crippen molar-refractivity contribution < 1.29 is 13.7 Å². The maximum Gasteiger partial charge on any atom is 0.252 e. The molecule has 0 amide bonds. The molecule has 0 unspecified atom stereocenters. The van der Waals surface area contributed by atoms with Crippen LogP contribution >= 0.6 is 0 Å². The van der Waals surface area contributed by atoms with E-state index in [2.05, 4.69) is 206 Å². The molecule has 11 aromatic carbocycles. The van der Waals surface area contributed by atoms with E-state index in [1.54, 1.807) is 0 Å². The lowest BCUT2D eigenvalue weighted by Gasteiger charge is -2.45. The Morgan fingerprint density at radius 1 is 0.279 bits per heavy atom. The molecular weight excluding hydrogens is 1260 g/mol. The second-order valence-electron chi connectivity index (χ2n) is 36.7. The minimum absolute atomic E-state index is 0.256. The molecular formula is C99H109BN4. The molecule has 2 aliphatic rings. The third-order valence-corrected chi connectivity index (χ3v) is 20.1. The summed E-state index contributed by atoms with van der Waals surface area (Å²) >= 11 is 0. The summed E-state index contributed by atoms with van der Waals surface area (Å²) in [5.41, 5.74) is 17.5. The molecule has 528 valence electrons. The summed E-state index contributed by atoms with van der Waals surface area (Å²) in [6.45, 7) is 42.0. The van der Waals surface area contributed by atoms with Crippen molar-refractivity contribution in [3.05, 3.63) is 257 Å². The Balaban J connectivity index is 1.11. The quantitative estimate of drug-likeness (QED) is 0.120. The van der Waals surface area contributed by atoms with E-state index >= 15 is 0 Å². The van der Waals surface area contributed by atoms with Gasteiger partial charge in [0.1, 0.15) is 0 Å². The Bertz CT molecular complexity index is 5520. The first-order valence-corrected chi connectivity index (χ1v) is 37.4. The summed E-state index contributed by atoms with van der Waals surface area (Å²) in [5, 5.41) is 3.20. The van der Waals surface area contributed by atoms with Gasteiger partial charge in [0.15, 0.2) is 0 Å². The van der Waals surface area contributed by atoms with Gasteiger partial charge >= 0.3 is 0 Å². The molecule has 4 nitrogen and oxygen atoms in total. The Morgan fingerprint density at radius 3 is 0.885 bits per heavy atom. The number of aromatic nitrogens is 2. The molecule has 2 aliphatic heterocycles. The predicted molar refractivity (Wildman–Crippen MR) is 453 cm³/mol. The van der Waals surface area contributed by atoms with Crippen LogP contribution in [0.1, 0.15) is 198 Å². The van der Waals surface area contributed by atoms with E-state index in [0.717, 1.165) is 139 Å². The number of nitrogens with zero attached hydrogens (tertiary/aromatic N) is 4. The number of hydrogen-bond donors (Lipinski definition) is 0. The minimum Gasteiger partial charge on any atom is -0.311 e. The van der Waals surface area contributed by atoms with Crippen molar-refractivity contribution in [2.45, 2.75) is 188 Å². The van der Waals surface area contributed by atoms with Gasteiger partial charge in [-0.1, -0.05) is 255 Å². The van der Waals surface area contributed by atoms with Crippen LogP contribution in [0.5, 0.6) is 0 Å². The zero-order valence-corrected chi connectivity index (χ0v) is 65.2. The first kappa shape index (κ1) is 59.0. The normalized spacial score (nSPS) is 15.9. The Kier molecular flexibility index (Phi) is 14.3. The fourth-order valence-corrected chi connectivity index (χ4v) is 16.0. The zero-order chi connectivity index (χ0) is 82.7. The van der Waals surface area contributed by atoms with Gasteiger partial charge in [0.2, 0.25) is 0 Å². The SMILES string of the molecule is [2H]C([2H])(c1cc2c3c(c1)N(c1ccc(C(C)(C)C)cc1-c1ccccc1)c1cc(-n4c5ccc(C([2H])([2H])C(C)(C)C)cc5c5cc(C([2H])([2H])C(C)(C)C)ccc54)ccc1B3c1ccc(-n3c4ccc(C([2H])([2H])C(C)(C)C)cc4c4cc(C([2H])([2H])C(C)(C)C)ccc43)cc1N2c1ccc(C(C)(C)C)cc1-c1ccccc1)C(C)(C)C. The minimum atomic E-state index is -1.95. The van der Waals surface area contributed by atoms with Crippen molar-refractivity contribution in [3.8, 4) is 33.6 Å². The van der Waals surface area contributed by atoms with Gasteiger partial charge in [-0.15, -0.1) is 0 Å². The van der Waals surface area contributed by atoms with Crippen molar-refractivity contribution in [1.82, 2.24) is 9.13 Å². The molecule has 0 atom stereocenters. The number of fused-ring (bicyclic) bond motifs is 10. The Hall–Kier alpha value is -9.32. The van der Waals surface area contributed by atoms with E-state index in [-0.39, 0.29) is 10.8 Å². The fourth-order valence-electron chi connectivity index (χ4n) is 16.0. The lowest BCUT2D eigenvalue weighted by Crippen LogP contribution is -2.61. The molecule has 15 rings (SSSR count). The maximum absolute atomic E-state index is 10.7. The first-order valence-electron chi connectivity index (χ1n) is 42.4. The van der Waals surface area contributed by atoms with E-state index in [1.165, 1.54) is 0 Å². The van der Waals surface area contributed by atoms with Crippen LogP contribution in [0.25, 0.3) is 77.2 Å². The summed E-state index contributed by atoms with van der Waals surface area (Å²) in [6.07, 6.45) is -8.93. The molecule has 2 aromatic heterocycles. The smallest absolute Gasteiger partial charge is 0.252 e. The molecule has 4 heterocycles. The monoisotopic (exact) mass is 1370 g/mol. The maximum atomic E-state index is 10.7. The average molecular weight is 1380 g/mol. The zero-order valence-electron chi connectivity index (χ0n) is 75.2. The number of rotatable bonds is 11. The number of hydrogen-bond acceptors (Lipinski definition) is 2. The lowest BCUT2D eigenvalue weighted by molar-refractivity contribution is 0.411. The van der Waals surface area contributed by atoms with Gasteiger partial charge in [0, 0.05) is 80.5 Å². The Labute approximate surface area is 636 Å². The third kappa shape index (κ3) is 13.6. The Morgan fingerprint density at radius 2 is 0.587 bits per heavy atom. The van der Waals surface area contributed by atoms with Crippen LogP contribution in [0, 0.1) is 27.1 Å². The fraction of sp³-hybridized carbons (Fsp3) is 0.333. The molecule has 0 radical (unpaired) electrons. The standard InChI is InChI=1S/C99H109BN4/c1-93(2,3)58-63-32-42-84-76(48-63)77-49-64(59-94(4,5)6)33-43-85(77)101(84)72-38-40-80-88(56-72)103(82-46-36-70(98(16,17)18)54-74(82)68-28-24-22-25-29-68)90-52-67(62-97(13,14)15)53-91-92(90)100(80)81-41-39-73(57-89(81)104(91)83-47-37-71(99(19,20)21)55-75(83)69-30-26-23-27-31-69)102-86-44-34-65(60-95(7,8)9)50-78(86)79-51-66(35-45-87(79)102)61-96(10,11)12/h22-57H,58-62H2,1-21H3/i58D2,59D2,60D2,61D2,62D2. The lowest BCUT2D eigenvalue weighted by atomic mass is 9.33. The van der Waals surface area contributed by atoms with Crippen molar-refractivity contribution in [3.63, 3.8) is 0 Å². The molecule has 0 saturated heterocycles. The topological polar surface area (TPSA) is 16.3 Å². The highest BCUT2D eigenvalue weighted by Gasteiger charge is 2.45. The first-order chi connectivity index (χ1) is 52.8. The van der Waals surface area contributed by atoms with Crippen LogP contribution in [-0.4, -0.2) is 15.8 Å². The molecule has 0 fully saturated rings. The van der Waals surface area contributed by atoms with Crippen LogP contribution in [0.15, 0.2) is 218 Å². The van der Waals surface area contributed by atoms with Crippen LogP contribution in [0.4, 0.5) is 34.1 Å². The summed E-state index contributed by atoms with van der Waals surface area (Å²) < 4.78 is 103. The van der Waals surface area contributed by atoms with Gasteiger partial charge in [-0.3, -0.25) is 0 Å². The largest absolute Gasteiger partial charge is 0.311 e. The van der Waals surface area contributed by atoms with Crippen molar-refractivity contribution in [1.29, 1.82) is 0 Å². The molecule has 5 heteroatoms. The average Bonchev–Trinajstić information content (AvgIpc) is 0.725. The molecule has 0 bridgehead atoms.